The van der Waals surface area contributed by atoms with Crippen LogP contribution in [0.5, 0.6) is 0 Å². The maximum Gasteiger partial charge on any atom is 0.357 e. The Kier molecular flexibility index (Phi) is 3.58. The van der Waals surface area contributed by atoms with Crippen molar-refractivity contribution in [3.8, 4) is 0 Å². The largest absolute Gasteiger partial charge is 0.461 e. The lowest BCUT2D eigenvalue weighted by Crippen LogP contribution is -2.11. The third-order valence-electron chi connectivity index (χ3n) is 3.40. The average Bonchev–Trinajstić information content (AvgIpc) is 2.86. The van der Waals surface area contributed by atoms with Gasteiger partial charge in [0.05, 0.1) is 24.9 Å². The summed E-state index contributed by atoms with van der Waals surface area (Å²) < 4.78 is 10.3. The lowest BCUT2D eigenvalue weighted by molar-refractivity contribution is 0.0514. The quantitative estimate of drug-likeness (QED) is 0.748. The second-order valence-corrected chi connectivity index (χ2v) is 4.70. The molecule has 0 radical (unpaired) electrons. The van der Waals surface area contributed by atoms with E-state index in [0.717, 1.165) is 27.4 Å². The summed E-state index contributed by atoms with van der Waals surface area (Å²) in [5.41, 5.74) is 2.96. The normalized spacial score (nSPS) is 11.1. The first-order valence-electron chi connectivity index (χ1n) is 6.80. The molecule has 3 aromatic rings. The number of aromatic nitrogens is 2. The second-order valence-electron chi connectivity index (χ2n) is 4.70. The molecule has 21 heavy (non-hydrogen) atoms. The van der Waals surface area contributed by atoms with E-state index in [2.05, 4.69) is 9.97 Å². The molecule has 0 spiro atoms. The van der Waals surface area contributed by atoms with Crippen LogP contribution in [-0.4, -0.2) is 29.7 Å². The molecule has 0 amide bonds. The maximum atomic E-state index is 12.1. The number of rotatable bonds is 4. The van der Waals surface area contributed by atoms with Crippen molar-refractivity contribution in [2.45, 2.75) is 13.5 Å². The number of methoxy groups -OCH3 is 1. The zero-order valence-electron chi connectivity index (χ0n) is 12.0. The molecule has 3 rings (SSSR count). The number of hydrogen-bond donors (Lipinski definition) is 1. The molecule has 108 valence electrons. The minimum atomic E-state index is -0.420. The van der Waals surface area contributed by atoms with E-state index < -0.39 is 5.97 Å². The number of carbonyl (C=O) groups is 1. The highest BCUT2D eigenvalue weighted by Gasteiger charge is 2.19. The summed E-state index contributed by atoms with van der Waals surface area (Å²) in [7, 11) is 1.60. The molecule has 0 bridgehead atoms. The SMILES string of the molecule is CCOC(=O)c1ncc2[nH]c3ccccc3c2c1COC. The van der Waals surface area contributed by atoms with Crippen molar-refractivity contribution in [2.24, 2.45) is 0 Å². The number of para-hydroxylation sites is 1. The highest BCUT2D eigenvalue weighted by atomic mass is 16.5. The van der Waals surface area contributed by atoms with Gasteiger partial charge in [-0.15, -0.1) is 0 Å². The molecule has 0 unspecified atom stereocenters. The number of ether oxygens (including phenoxy) is 2. The summed E-state index contributed by atoms with van der Waals surface area (Å²) in [6, 6.07) is 7.95. The monoisotopic (exact) mass is 284 g/mol. The van der Waals surface area contributed by atoms with Crippen LogP contribution < -0.4 is 0 Å². The summed E-state index contributed by atoms with van der Waals surface area (Å²) in [5.74, 6) is -0.420. The maximum absolute atomic E-state index is 12.1. The Morgan fingerprint density at radius 2 is 2.10 bits per heavy atom. The van der Waals surface area contributed by atoms with Crippen molar-refractivity contribution in [3.05, 3.63) is 41.7 Å². The van der Waals surface area contributed by atoms with Gasteiger partial charge in [-0.05, 0) is 13.0 Å². The molecule has 2 aromatic heterocycles. The van der Waals surface area contributed by atoms with Gasteiger partial charge in [-0.25, -0.2) is 9.78 Å². The molecule has 0 saturated carbocycles. The minimum Gasteiger partial charge on any atom is -0.461 e. The molecule has 1 N–H and O–H groups in total. The van der Waals surface area contributed by atoms with E-state index in [9.17, 15) is 4.79 Å². The molecular weight excluding hydrogens is 268 g/mol. The fraction of sp³-hybridized carbons (Fsp3) is 0.250. The summed E-state index contributed by atoms with van der Waals surface area (Å²) in [6.45, 7) is 2.40. The van der Waals surface area contributed by atoms with Crippen molar-refractivity contribution in [1.29, 1.82) is 0 Å². The first-order valence-corrected chi connectivity index (χ1v) is 6.80. The van der Waals surface area contributed by atoms with Gasteiger partial charge in [-0.2, -0.15) is 0 Å². The number of fused-ring (bicyclic) bond motifs is 3. The topological polar surface area (TPSA) is 64.2 Å². The van der Waals surface area contributed by atoms with Crippen molar-refractivity contribution < 1.29 is 14.3 Å². The van der Waals surface area contributed by atoms with Crippen LogP contribution in [0.15, 0.2) is 30.5 Å². The van der Waals surface area contributed by atoms with Gasteiger partial charge in [0.1, 0.15) is 0 Å². The molecule has 0 fully saturated rings. The molecule has 0 aliphatic rings. The average molecular weight is 284 g/mol. The van der Waals surface area contributed by atoms with Crippen LogP contribution in [0.2, 0.25) is 0 Å². The van der Waals surface area contributed by atoms with Gasteiger partial charge >= 0.3 is 5.97 Å². The summed E-state index contributed by atoms with van der Waals surface area (Å²) in [6.07, 6.45) is 1.67. The highest BCUT2D eigenvalue weighted by molar-refractivity contribution is 6.10. The van der Waals surface area contributed by atoms with Gasteiger partial charge in [0.15, 0.2) is 5.69 Å². The van der Waals surface area contributed by atoms with E-state index in [4.69, 9.17) is 9.47 Å². The molecule has 0 saturated heterocycles. The van der Waals surface area contributed by atoms with Gasteiger partial charge in [0.2, 0.25) is 0 Å². The Hall–Kier alpha value is -2.40. The van der Waals surface area contributed by atoms with Crippen molar-refractivity contribution >= 4 is 27.8 Å². The third kappa shape index (κ3) is 2.25. The molecule has 5 nitrogen and oxygen atoms in total. The number of benzene rings is 1. The van der Waals surface area contributed by atoms with Crippen LogP contribution >= 0.6 is 0 Å². The van der Waals surface area contributed by atoms with E-state index in [0.29, 0.717) is 18.9 Å². The number of pyridine rings is 1. The van der Waals surface area contributed by atoms with Gasteiger partial charge in [-0.1, -0.05) is 18.2 Å². The molecule has 0 aliphatic heterocycles. The number of aromatic amines is 1. The fourth-order valence-electron chi connectivity index (χ4n) is 2.57. The van der Waals surface area contributed by atoms with Gasteiger partial charge < -0.3 is 14.5 Å². The number of hydrogen-bond acceptors (Lipinski definition) is 4. The standard InChI is InChI=1S/C16H16N2O3/c1-3-21-16(19)15-11(9-20-2)14-10-6-4-5-7-12(10)18-13(14)8-17-15/h4-8,18H,3,9H2,1-2H3. The summed E-state index contributed by atoms with van der Waals surface area (Å²) in [5, 5.41) is 2.01. The molecule has 0 aliphatic carbocycles. The number of nitrogens with zero attached hydrogens (tertiary/aromatic N) is 1. The predicted octanol–water partition coefficient (Wildman–Crippen LogP) is 3.04. The van der Waals surface area contributed by atoms with E-state index in [-0.39, 0.29) is 0 Å². The van der Waals surface area contributed by atoms with E-state index >= 15 is 0 Å². The Bertz CT molecular complexity index is 808. The number of carbonyl (C=O) groups excluding carboxylic acids is 1. The van der Waals surface area contributed by atoms with Crippen molar-refractivity contribution in [2.75, 3.05) is 13.7 Å². The lowest BCUT2D eigenvalue weighted by Gasteiger charge is -2.09. The van der Waals surface area contributed by atoms with Crippen LogP contribution in [-0.2, 0) is 16.1 Å². The van der Waals surface area contributed by atoms with Crippen LogP contribution in [0.4, 0.5) is 0 Å². The molecule has 1 aromatic carbocycles. The van der Waals surface area contributed by atoms with Crippen LogP contribution in [0.25, 0.3) is 21.8 Å². The molecule has 0 atom stereocenters. The van der Waals surface area contributed by atoms with E-state index in [1.165, 1.54) is 0 Å². The molecule has 2 heterocycles. The zero-order chi connectivity index (χ0) is 14.8. The van der Waals surface area contributed by atoms with Crippen LogP contribution in [0.3, 0.4) is 0 Å². The van der Waals surface area contributed by atoms with Crippen LogP contribution in [0.1, 0.15) is 23.0 Å². The first kappa shape index (κ1) is 13.6. The van der Waals surface area contributed by atoms with Crippen molar-refractivity contribution in [3.63, 3.8) is 0 Å². The van der Waals surface area contributed by atoms with E-state index in [1.807, 2.05) is 24.3 Å². The first-order chi connectivity index (χ1) is 10.3. The Balaban J connectivity index is 2.32. The third-order valence-corrected chi connectivity index (χ3v) is 3.40. The summed E-state index contributed by atoms with van der Waals surface area (Å²) in [4.78, 5) is 19.6. The predicted molar refractivity (Wildman–Crippen MR) is 80.3 cm³/mol. The fourth-order valence-corrected chi connectivity index (χ4v) is 2.57. The molecule has 5 heteroatoms. The number of nitrogens with one attached hydrogen (secondary N) is 1. The van der Waals surface area contributed by atoms with Crippen LogP contribution in [0, 0.1) is 0 Å². The zero-order valence-corrected chi connectivity index (χ0v) is 12.0. The Morgan fingerprint density at radius 3 is 2.86 bits per heavy atom. The Morgan fingerprint density at radius 1 is 1.29 bits per heavy atom. The molecular formula is C16H16N2O3. The smallest absolute Gasteiger partial charge is 0.357 e. The van der Waals surface area contributed by atoms with Crippen molar-refractivity contribution in [1.82, 2.24) is 9.97 Å². The van der Waals surface area contributed by atoms with Gasteiger partial charge in [-0.3, -0.25) is 0 Å². The van der Waals surface area contributed by atoms with Gasteiger partial charge in [0, 0.05) is 29.0 Å². The lowest BCUT2D eigenvalue weighted by atomic mass is 10.1. The summed E-state index contributed by atoms with van der Waals surface area (Å²) >= 11 is 0. The minimum absolute atomic E-state index is 0.306. The number of H-pyrrole nitrogens is 1. The highest BCUT2D eigenvalue weighted by Crippen LogP contribution is 2.30. The number of esters is 1. The Labute approximate surface area is 121 Å². The van der Waals surface area contributed by atoms with E-state index in [1.54, 1.807) is 20.2 Å². The second kappa shape index (κ2) is 5.54. The van der Waals surface area contributed by atoms with Gasteiger partial charge in [0.25, 0.3) is 0 Å².